The van der Waals surface area contributed by atoms with Crippen molar-refractivity contribution in [2.24, 2.45) is 0 Å². The number of ether oxygens (including phenoxy) is 1. The van der Waals surface area contributed by atoms with E-state index >= 15 is 0 Å². The van der Waals surface area contributed by atoms with E-state index in [9.17, 15) is 4.79 Å². The van der Waals surface area contributed by atoms with Gasteiger partial charge < -0.3 is 4.74 Å². The first-order valence-electron chi connectivity index (χ1n) is 4.23. The molecule has 0 aliphatic rings. The van der Waals surface area contributed by atoms with Crippen LogP contribution in [-0.4, -0.2) is 18.1 Å². The Bertz CT molecular complexity index is 235. The van der Waals surface area contributed by atoms with Crippen molar-refractivity contribution in [3.8, 4) is 12.3 Å². The minimum atomic E-state index is -0.345. The van der Waals surface area contributed by atoms with Crippen molar-refractivity contribution in [3.63, 3.8) is 0 Å². The van der Waals surface area contributed by atoms with Gasteiger partial charge in [-0.25, -0.2) is 4.84 Å². The zero-order valence-corrected chi connectivity index (χ0v) is 8.88. The second-order valence-electron chi connectivity index (χ2n) is 2.83. The lowest BCUT2D eigenvalue weighted by atomic mass is 10.1. The fraction of sp³-hybridized carbons (Fsp3) is 0.500. The van der Waals surface area contributed by atoms with Gasteiger partial charge in [-0.1, -0.05) is 6.08 Å². The molecule has 0 rings (SSSR count). The van der Waals surface area contributed by atoms with Gasteiger partial charge in [0.2, 0.25) is 0 Å². The van der Waals surface area contributed by atoms with Gasteiger partial charge in [-0.3, -0.25) is 4.79 Å². The number of carbonyl (C=O) groups excluding carboxylic acids is 1. The quantitative estimate of drug-likeness (QED) is 0.317. The van der Waals surface area contributed by atoms with Crippen molar-refractivity contribution in [1.29, 1.82) is 0 Å². The lowest BCUT2D eigenvalue weighted by Crippen LogP contribution is -2.27. The molecular formula is C10H14ClNO2. The highest BCUT2D eigenvalue weighted by Gasteiger charge is 2.15. The molecule has 14 heavy (non-hydrogen) atoms. The highest BCUT2D eigenvalue weighted by molar-refractivity contribution is 6.13. The van der Waals surface area contributed by atoms with Crippen molar-refractivity contribution in [3.05, 3.63) is 12.7 Å². The van der Waals surface area contributed by atoms with Crippen LogP contribution < -0.4 is 4.84 Å². The van der Waals surface area contributed by atoms with Crippen LogP contribution in [0.4, 0.5) is 0 Å². The van der Waals surface area contributed by atoms with Gasteiger partial charge >= 0.3 is 5.97 Å². The Hall–Kier alpha value is -0.980. The molecule has 0 aliphatic heterocycles. The molecule has 3 nitrogen and oxygen atoms in total. The van der Waals surface area contributed by atoms with E-state index in [4.69, 9.17) is 22.9 Å². The van der Waals surface area contributed by atoms with Gasteiger partial charge in [0, 0.05) is 25.8 Å². The first-order valence-corrected chi connectivity index (χ1v) is 4.61. The molecule has 2 atom stereocenters. The van der Waals surface area contributed by atoms with Crippen molar-refractivity contribution >= 4 is 17.7 Å². The molecular weight excluding hydrogens is 202 g/mol. The second kappa shape index (κ2) is 7.43. The van der Waals surface area contributed by atoms with Gasteiger partial charge in [0.05, 0.1) is 0 Å². The van der Waals surface area contributed by atoms with E-state index < -0.39 is 0 Å². The van der Waals surface area contributed by atoms with E-state index in [2.05, 4.69) is 17.3 Å². The fourth-order valence-corrected chi connectivity index (χ4v) is 1.19. The van der Waals surface area contributed by atoms with Gasteiger partial charge in [-0.15, -0.1) is 18.9 Å². The van der Waals surface area contributed by atoms with E-state index in [1.54, 1.807) is 6.08 Å². The van der Waals surface area contributed by atoms with Crippen LogP contribution in [0.2, 0.25) is 0 Å². The van der Waals surface area contributed by atoms with E-state index in [0.717, 1.165) is 0 Å². The lowest BCUT2D eigenvalue weighted by Gasteiger charge is -2.18. The molecule has 0 aromatic rings. The topological polar surface area (TPSA) is 38.3 Å². The summed E-state index contributed by atoms with van der Waals surface area (Å²) in [6, 6.07) is -0.116. The maximum absolute atomic E-state index is 10.7. The standard InChI is InChI=1S/C10H14ClNO2/c1-4-6-10(14-8(3)13)7-9(5-2)12-11/h1,5,9-10,12H,2,6-7H2,3H3/t9-,10-/m1/s1. The van der Waals surface area contributed by atoms with E-state index in [0.29, 0.717) is 12.8 Å². The maximum atomic E-state index is 10.7. The Morgan fingerprint density at radius 1 is 1.86 bits per heavy atom. The molecule has 0 saturated carbocycles. The average Bonchev–Trinajstić information content (AvgIpc) is 2.13. The highest BCUT2D eigenvalue weighted by Crippen LogP contribution is 2.08. The van der Waals surface area contributed by atoms with Crippen LogP contribution in [-0.2, 0) is 9.53 Å². The number of hydrogen-bond acceptors (Lipinski definition) is 3. The lowest BCUT2D eigenvalue weighted by molar-refractivity contribution is -0.146. The Morgan fingerprint density at radius 3 is 2.86 bits per heavy atom. The first-order chi connectivity index (χ1) is 6.63. The number of esters is 1. The predicted octanol–water partition coefficient (Wildman–Crippen LogP) is 1.63. The summed E-state index contributed by atoms with van der Waals surface area (Å²) in [4.78, 5) is 13.2. The minimum Gasteiger partial charge on any atom is -0.461 e. The molecule has 0 aromatic carbocycles. The number of carbonyl (C=O) groups is 1. The third kappa shape index (κ3) is 5.63. The normalized spacial score (nSPS) is 13.8. The zero-order valence-electron chi connectivity index (χ0n) is 8.13. The molecule has 0 heterocycles. The summed E-state index contributed by atoms with van der Waals surface area (Å²) in [6.45, 7) is 4.93. The molecule has 0 bridgehead atoms. The van der Waals surface area contributed by atoms with Crippen molar-refractivity contribution in [2.45, 2.75) is 31.9 Å². The number of halogens is 1. The molecule has 0 saturated heterocycles. The number of nitrogens with one attached hydrogen (secondary N) is 1. The van der Waals surface area contributed by atoms with Crippen LogP contribution in [0.3, 0.4) is 0 Å². The fourth-order valence-electron chi connectivity index (χ4n) is 1.01. The van der Waals surface area contributed by atoms with Gasteiger partial charge in [0.15, 0.2) is 0 Å². The summed E-state index contributed by atoms with van der Waals surface area (Å²) >= 11 is 5.44. The Labute approximate surface area is 89.6 Å². The average molecular weight is 216 g/mol. The Morgan fingerprint density at radius 2 is 2.50 bits per heavy atom. The van der Waals surface area contributed by atoms with Crippen LogP contribution in [0.25, 0.3) is 0 Å². The Balaban J connectivity index is 4.13. The summed E-state index contributed by atoms with van der Waals surface area (Å²) < 4.78 is 5.00. The summed E-state index contributed by atoms with van der Waals surface area (Å²) in [7, 11) is 0. The largest absolute Gasteiger partial charge is 0.461 e. The van der Waals surface area contributed by atoms with Crippen LogP contribution >= 0.6 is 11.8 Å². The van der Waals surface area contributed by atoms with Crippen LogP contribution in [0.1, 0.15) is 19.8 Å². The van der Waals surface area contributed by atoms with Crippen LogP contribution in [0.5, 0.6) is 0 Å². The van der Waals surface area contributed by atoms with Crippen molar-refractivity contribution in [2.75, 3.05) is 0 Å². The Kier molecular flexibility index (Phi) is 6.91. The summed E-state index contributed by atoms with van der Waals surface area (Å²) in [5.74, 6) is 2.10. The number of rotatable bonds is 6. The first kappa shape index (κ1) is 13.0. The van der Waals surface area contributed by atoms with Gasteiger partial charge in [-0.05, 0) is 11.8 Å². The molecule has 0 aliphatic carbocycles. The minimum absolute atomic E-state index is 0.116. The van der Waals surface area contributed by atoms with Crippen molar-refractivity contribution < 1.29 is 9.53 Å². The van der Waals surface area contributed by atoms with E-state index in [-0.39, 0.29) is 18.1 Å². The third-order valence-electron chi connectivity index (χ3n) is 1.62. The number of hydrogen-bond donors (Lipinski definition) is 1. The molecule has 78 valence electrons. The van der Waals surface area contributed by atoms with Gasteiger partial charge in [0.25, 0.3) is 0 Å². The molecule has 1 N–H and O–H groups in total. The number of terminal acetylenes is 1. The molecule has 0 amide bonds. The molecule has 0 aromatic heterocycles. The summed E-state index contributed by atoms with van der Waals surface area (Å²) in [5.41, 5.74) is 0. The SMILES string of the molecule is C#CC[C@H](C[C@@H](C=C)NCl)OC(C)=O. The molecule has 0 spiro atoms. The van der Waals surface area contributed by atoms with E-state index in [1.165, 1.54) is 6.92 Å². The molecule has 0 unspecified atom stereocenters. The van der Waals surface area contributed by atoms with Crippen molar-refractivity contribution in [1.82, 2.24) is 4.84 Å². The molecule has 0 radical (unpaired) electrons. The van der Waals surface area contributed by atoms with Gasteiger partial charge in [0.1, 0.15) is 6.10 Å². The van der Waals surface area contributed by atoms with Gasteiger partial charge in [-0.2, -0.15) is 0 Å². The van der Waals surface area contributed by atoms with Crippen LogP contribution in [0, 0.1) is 12.3 Å². The molecule has 4 heteroatoms. The second-order valence-corrected chi connectivity index (χ2v) is 3.04. The smallest absolute Gasteiger partial charge is 0.302 e. The monoisotopic (exact) mass is 215 g/mol. The summed E-state index contributed by atoms with van der Waals surface area (Å²) in [6.07, 6.45) is 7.37. The van der Waals surface area contributed by atoms with Crippen LogP contribution in [0.15, 0.2) is 12.7 Å². The molecule has 0 fully saturated rings. The zero-order chi connectivity index (χ0) is 11.0. The van der Waals surface area contributed by atoms with E-state index in [1.807, 2.05) is 0 Å². The maximum Gasteiger partial charge on any atom is 0.302 e. The predicted molar refractivity (Wildman–Crippen MR) is 56.6 cm³/mol. The summed E-state index contributed by atoms with van der Waals surface area (Å²) in [5, 5.41) is 0. The highest BCUT2D eigenvalue weighted by atomic mass is 35.5. The third-order valence-corrected chi connectivity index (χ3v) is 1.90.